The monoisotopic (exact) mass is 374 g/mol. The van der Waals surface area contributed by atoms with E-state index in [0.29, 0.717) is 45.9 Å². The van der Waals surface area contributed by atoms with E-state index < -0.39 is 0 Å². The van der Waals surface area contributed by atoms with Crippen LogP contribution in [-0.4, -0.2) is 105 Å². The van der Waals surface area contributed by atoms with Crippen molar-refractivity contribution in [3.05, 3.63) is 35.9 Å². The predicted octanol–water partition coefficient (Wildman–Crippen LogP) is 0.292. The molecule has 3 rings (SSSR count). The van der Waals surface area contributed by atoms with Crippen molar-refractivity contribution in [1.82, 2.24) is 19.6 Å². The number of piperazine rings is 1. The van der Waals surface area contributed by atoms with Crippen molar-refractivity contribution in [1.29, 1.82) is 0 Å². The molecule has 2 aliphatic heterocycles. The zero-order chi connectivity index (χ0) is 19.2. The summed E-state index contributed by atoms with van der Waals surface area (Å²) in [7, 11) is 3.58. The number of rotatable bonds is 5. The van der Waals surface area contributed by atoms with E-state index in [-0.39, 0.29) is 17.9 Å². The highest BCUT2D eigenvalue weighted by atomic mass is 16.5. The summed E-state index contributed by atoms with van der Waals surface area (Å²) in [5, 5.41) is 0. The lowest BCUT2D eigenvalue weighted by Crippen LogP contribution is -2.54. The van der Waals surface area contributed by atoms with Crippen molar-refractivity contribution >= 4 is 11.8 Å². The van der Waals surface area contributed by atoms with Crippen molar-refractivity contribution in [2.45, 2.75) is 6.04 Å². The molecule has 0 bridgehead atoms. The Hall–Kier alpha value is -1.96. The van der Waals surface area contributed by atoms with E-state index in [1.54, 1.807) is 19.0 Å². The summed E-state index contributed by atoms with van der Waals surface area (Å²) in [6, 6.07) is 9.60. The minimum absolute atomic E-state index is 0.0780. The van der Waals surface area contributed by atoms with Gasteiger partial charge in [-0.2, -0.15) is 0 Å². The molecule has 7 heteroatoms. The van der Waals surface area contributed by atoms with Crippen molar-refractivity contribution in [3.8, 4) is 0 Å². The standard InChI is InChI=1S/C20H30N4O3/c1-21(2)20(26)19(17-6-4-3-5-7-17)24-10-8-23(9-11-24)18(25)16-22-12-14-27-15-13-22/h3-7,19H,8-16H2,1-2H3. The fourth-order valence-electron chi connectivity index (χ4n) is 3.67. The van der Waals surface area contributed by atoms with Crippen LogP contribution in [0, 0.1) is 0 Å². The molecular weight excluding hydrogens is 344 g/mol. The van der Waals surface area contributed by atoms with Gasteiger partial charge in [0.25, 0.3) is 0 Å². The molecule has 0 aliphatic carbocycles. The van der Waals surface area contributed by atoms with Gasteiger partial charge in [0, 0.05) is 53.4 Å². The third-order valence-corrected chi connectivity index (χ3v) is 5.28. The van der Waals surface area contributed by atoms with E-state index in [1.807, 2.05) is 35.2 Å². The van der Waals surface area contributed by atoms with Crippen LogP contribution in [0.5, 0.6) is 0 Å². The average Bonchev–Trinajstić information content (AvgIpc) is 2.70. The first-order valence-corrected chi connectivity index (χ1v) is 9.64. The molecule has 0 spiro atoms. The van der Waals surface area contributed by atoms with E-state index in [0.717, 1.165) is 18.7 Å². The third-order valence-electron chi connectivity index (χ3n) is 5.28. The van der Waals surface area contributed by atoms with Crippen LogP contribution in [0.1, 0.15) is 11.6 Å². The van der Waals surface area contributed by atoms with Crippen LogP contribution < -0.4 is 0 Å². The van der Waals surface area contributed by atoms with Crippen molar-refractivity contribution in [2.24, 2.45) is 0 Å². The first-order chi connectivity index (χ1) is 13.1. The zero-order valence-corrected chi connectivity index (χ0v) is 16.3. The fraction of sp³-hybridized carbons (Fsp3) is 0.600. The highest BCUT2D eigenvalue weighted by molar-refractivity contribution is 5.83. The second kappa shape index (κ2) is 9.30. The molecule has 1 aromatic rings. The summed E-state index contributed by atoms with van der Waals surface area (Å²) >= 11 is 0. The molecule has 1 atom stereocenters. The van der Waals surface area contributed by atoms with Gasteiger partial charge >= 0.3 is 0 Å². The largest absolute Gasteiger partial charge is 0.379 e. The topological polar surface area (TPSA) is 56.3 Å². The van der Waals surface area contributed by atoms with Gasteiger partial charge in [0.2, 0.25) is 11.8 Å². The molecule has 2 heterocycles. The van der Waals surface area contributed by atoms with Crippen molar-refractivity contribution in [3.63, 3.8) is 0 Å². The molecule has 2 aliphatic rings. The lowest BCUT2D eigenvalue weighted by atomic mass is 10.0. The molecule has 1 aromatic carbocycles. The van der Waals surface area contributed by atoms with Gasteiger partial charge < -0.3 is 14.5 Å². The second-order valence-corrected chi connectivity index (χ2v) is 7.35. The molecule has 148 valence electrons. The third kappa shape index (κ3) is 5.06. The Bertz CT molecular complexity index is 623. The van der Waals surface area contributed by atoms with E-state index in [9.17, 15) is 9.59 Å². The number of nitrogens with zero attached hydrogens (tertiary/aromatic N) is 4. The highest BCUT2D eigenvalue weighted by Crippen LogP contribution is 2.24. The predicted molar refractivity (Wildman–Crippen MR) is 103 cm³/mol. The average molecular weight is 374 g/mol. The van der Waals surface area contributed by atoms with Crippen LogP contribution in [0.25, 0.3) is 0 Å². The Labute approximate surface area is 161 Å². The number of carbonyl (C=O) groups excluding carboxylic acids is 2. The molecule has 1 unspecified atom stereocenters. The number of likely N-dealkylation sites (N-methyl/N-ethyl adjacent to an activating group) is 1. The minimum Gasteiger partial charge on any atom is -0.379 e. The molecule has 2 saturated heterocycles. The number of hydrogen-bond acceptors (Lipinski definition) is 5. The van der Waals surface area contributed by atoms with E-state index in [2.05, 4.69) is 9.80 Å². The number of ether oxygens (including phenoxy) is 1. The lowest BCUT2D eigenvalue weighted by Gasteiger charge is -2.40. The first kappa shape index (κ1) is 19.8. The molecule has 0 aromatic heterocycles. The van der Waals surface area contributed by atoms with Gasteiger partial charge in [0.15, 0.2) is 0 Å². The number of amides is 2. The summed E-state index contributed by atoms with van der Waals surface area (Å²) in [4.78, 5) is 33.3. The molecule has 27 heavy (non-hydrogen) atoms. The number of morpholine rings is 1. The molecule has 0 N–H and O–H groups in total. The van der Waals surface area contributed by atoms with Gasteiger partial charge in [-0.3, -0.25) is 19.4 Å². The Morgan fingerprint density at radius 1 is 1.00 bits per heavy atom. The lowest BCUT2D eigenvalue weighted by molar-refractivity contribution is -0.138. The second-order valence-electron chi connectivity index (χ2n) is 7.35. The van der Waals surface area contributed by atoms with Crippen LogP contribution in [0.3, 0.4) is 0 Å². The maximum atomic E-state index is 12.8. The minimum atomic E-state index is -0.294. The van der Waals surface area contributed by atoms with Gasteiger partial charge in [-0.1, -0.05) is 30.3 Å². The van der Waals surface area contributed by atoms with Crippen molar-refractivity contribution in [2.75, 3.05) is 73.1 Å². The Balaban J connectivity index is 1.60. The maximum absolute atomic E-state index is 12.8. The zero-order valence-electron chi connectivity index (χ0n) is 16.3. The Morgan fingerprint density at radius 3 is 2.22 bits per heavy atom. The molecular formula is C20H30N4O3. The SMILES string of the molecule is CN(C)C(=O)C(c1ccccc1)N1CCN(C(=O)CN2CCOCC2)CC1. The Morgan fingerprint density at radius 2 is 1.63 bits per heavy atom. The molecule has 2 amide bonds. The quantitative estimate of drug-likeness (QED) is 0.742. The number of carbonyl (C=O) groups is 2. The van der Waals surface area contributed by atoms with E-state index in [4.69, 9.17) is 4.74 Å². The van der Waals surface area contributed by atoms with Crippen LogP contribution in [-0.2, 0) is 14.3 Å². The molecule has 7 nitrogen and oxygen atoms in total. The summed E-state index contributed by atoms with van der Waals surface area (Å²) in [5.74, 6) is 0.251. The molecule has 0 radical (unpaired) electrons. The number of benzene rings is 1. The van der Waals surface area contributed by atoms with Crippen LogP contribution in [0.4, 0.5) is 0 Å². The smallest absolute Gasteiger partial charge is 0.244 e. The normalized spacial score (nSPS) is 20.3. The fourth-order valence-corrected chi connectivity index (χ4v) is 3.67. The summed E-state index contributed by atoms with van der Waals surface area (Å²) in [5.41, 5.74) is 1.00. The van der Waals surface area contributed by atoms with Gasteiger partial charge in [-0.05, 0) is 5.56 Å². The van der Waals surface area contributed by atoms with Gasteiger partial charge in [0.05, 0.1) is 19.8 Å². The summed E-state index contributed by atoms with van der Waals surface area (Å²) < 4.78 is 5.34. The van der Waals surface area contributed by atoms with Crippen LogP contribution in [0.2, 0.25) is 0 Å². The number of hydrogen-bond donors (Lipinski definition) is 0. The summed E-state index contributed by atoms with van der Waals surface area (Å²) in [6.07, 6.45) is 0. The van der Waals surface area contributed by atoms with Gasteiger partial charge in [-0.25, -0.2) is 0 Å². The first-order valence-electron chi connectivity index (χ1n) is 9.64. The van der Waals surface area contributed by atoms with Crippen molar-refractivity contribution < 1.29 is 14.3 Å². The maximum Gasteiger partial charge on any atom is 0.244 e. The summed E-state index contributed by atoms with van der Waals surface area (Å²) in [6.45, 7) is 6.22. The van der Waals surface area contributed by atoms with E-state index >= 15 is 0 Å². The van der Waals surface area contributed by atoms with Gasteiger partial charge in [0.1, 0.15) is 6.04 Å². The van der Waals surface area contributed by atoms with E-state index in [1.165, 1.54) is 0 Å². The van der Waals surface area contributed by atoms with Crippen LogP contribution >= 0.6 is 0 Å². The van der Waals surface area contributed by atoms with Crippen LogP contribution in [0.15, 0.2) is 30.3 Å². The van der Waals surface area contributed by atoms with Gasteiger partial charge in [-0.15, -0.1) is 0 Å². The molecule has 2 fully saturated rings. The molecule has 0 saturated carbocycles. The highest BCUT2D eigenvalue weighted by Gasteiger charge is 2.32. The Kier molecular flexibility index (Phi) is 6.82.